The molecule has 0 radical (unpaired) electrons. The SMILES string of the molecule is CC(=O)OC1C(=O)[C@]23C[C@H]2C[C@H]2OC[C@@]2(OC(C)=O)[C@@]3(C)[C@H](OC(=O)c2ccccc2)C2C[C@H](OC(=O)CC(NC(=O)CC(C)(C)C)c3ccccc3)C(C)=C1C2(C)C. The molecule has 3 unspecified atom stereocenters. The van der Waals surface area contributed by atoms with Crippen molar-refractivity contribution >= 4 is 35.6 Å². The van der Waals surface area contributed by atoms with Crippen molar-refractivity contribution in [3.05, 3.63) is 82.9 Å². The third-order valence-corrected chi connectivity index (χ3v) is 14.0. The van der Waals surface area contributed by atoms with Crippen molar-refractivity contribution in [2.75, 3.05) is 6.61 Å². The van der Waals surface area contributed by atoms with E-state index in [2.05, 4.69) is 5.32 Å². The van der Waals surface area contributed by atoms with Crippen LogP contribution in [0.3, 0.4) is 0 Å². The number of nitrogens with one attached hydrogen (secondary N) is 1. The Labute approximate surface area is 346 Å². The van der Waals surface area contributed by atoms with Gasteiger partial charge in [0.05, 0.1) is 30.0 Å². The summed E-state index contributed by atoms with van der Waals surface area (Å²) in [4.78, 5) is 83.5. The molecule has 12 nitrogen and oxygen atoms in total. The summed E-state index contributed by atoms with van der Waals surface area (Å²) in [5.41, 5.74) is -3.17. The van der Waals surface area contributed by atoms with Crippen LogP contribution in [0.5, 0.6) is 0 Å². The molecule has 5 aliphatic rings. The highest BCUT2D eigenvalue weighted by atomic mass is 16.6. The molecule has 1 saturated heterocycles. The largest absolute Gasteiger partial charge is 0.458 e. The second kappa shape index (κ2) is 15.0. The van der Waals surface area contributed by atoms with Crippen LogP contribution in [0.2, 0.25) is 0 Å². The number of Topliss-reactive ketones (excluding diaryl/α,β-unsaturated/α-hetero) is 1. The molecule has 316 valence electrons. The molecular weight excluding hydrogens is 755 g/mol. The lowest BCUT2D eigenvalue weighted by atomic mass is 9.44. The van der Waals surface area contributed by atoms with Gasteiger partial charge >= 0.3 is 23.9 Å². The van der Waals surface area contributed by atoms with E-state index in [-0.39, 0.29) is 48.9 Å². The summed E-state index contributed by atoms with van der Waals surface area (Å²) in [5, 5.41) is 3.03. The van der Waals surface area contributed by atoms with Crippen LogP contribution < -0.4 is 5.32 Å². The zero-order valence-electron chi connectivity index (χ0n) is 35.5. The second-order valence-electron chi connectivity index (χ2n) is 19.3. The maximum atomic E-state index is 15.6. The number of fused-ring (bicyclic) bond motifs is 4. The van der Waals surface area contributed by atoms with Crippen LogP contribution >= 0.6 is 0 Å². The van der Waals surface area contributed by atoms with E-state index >= 15 is 4.79 Å². The van der Waals surface area contributed by atoms with Crippen molar-refractivity contribution in [2.24, 2.45) is 33.5 Å². The first-order valence-electron chi connectivity index (χ1n) is 20.7. The number of esters is 4. The van der Waals surface area contributed by atoms with Crippen LogP contribution in [-0.4, -0.2) is 72.2 Å². The lowest BCUT2D eigenvalue weighted by Gasteiger charge is -2.67. The normalized spacial score (nSPS) is 33.2. The van der Waals surface area contributed by atoms with E-state index in [1.54, 1.807) is 37.3 Å². The number of rotatable bonds is 10. The van der Waals surface area contributed by atoms with Gasteiger partial charge < -0.3 is 29.0 Å². The minimum absolute atomic E-state index is 0.0256. The minimum Gasteiger partial charge on any atom is -0.458 e. The Morgan fingerprint density at radius 3 is 2.10 bits per heavy atom. The molecule has 1 amide bonds. The van der Waals surface area contributed by atoms with Crippen molar-refractivity contribution < 1.29 is 52.5 Å². The lowest BCUT2D eigenvalue weighted by Crippen LogP contribution is -2.79. The molecule has 1 heterocycles. The summed E-state index contributed by atoms with van der Waals surface area (Å²) in [5.74, 6) is -3.92. The van der Waals surface area contributed by atoms with Crippen LogP contribution in [0, 0.1) is 33.5 Å². The van der Waals surface area contributed by atoms with E-state index in [1.807, 2.05) is 71.9 Å². The third-order valence-electron chi connectivity index (χ3n) is 14.0. The molecule has 1 N–H and O–H groups in total. The van der Waals surface area contributed by atoms with Gasteiger partial charge in [-0.1, -0.05) is 90.1 Å². The van der Waals surface area contributed by atoms with Crippen molar-refractivity contribution in [2.45, 2.75) is 130 Å². The Morgan fingerprint density at radius 1 is 0.881 bits per heavy atom. The fourth-order valence-electron chi connectivity index (χ4n) is 11.3. The predicted molar refractivity (Wildman–Crippen MR) is 214 cm³/mol. The molecule has 59 heavy (non-hydrogen) atoms. The topological polar surface area (TPSA) is 161 Å². The number of carbonyl (C=O) groups excluding carboxylic acids is 6. The highest BCUT2D eigenvalue weighted by Gasteiger charge is 2.87. The first-order chi connectivity index (χ1) is 27.7. The standard InChI is InChI=1S/C47H57NO11/c1-26-34(57-37(52)22-33(29-16-12-10-13-17-29)48-36(51)24-43(4,5)6)21-32-41(58-42(54)30-18-14-11-15-19-30)45(9)46(40(53)39(56-27(2)49)38(26)44(32,7)8)23-31(46)20-35-47(45,25-55-35)59-28(3)50/h10-19,31-35,39,41H,20-25H2,1-9H3,(H,48,51)/t31-,32?,33?,34+,35-,39?,41-,45+,46+,47+/m1/s1. The fourth-order valence-corrected chi connectivity index (χ4v) is 11.3. The van der Waals surface area contributed by atoms with Gasteiger partial charge in [-0.05, 0) is 71.8 Å². The maximum Gasteiger partial charge on any atom is 0.338 e. The van der Waals surface area contributed by atoms with Crippen LogP contribution in [0.25, 0.3) is 0 Å². The number of carbonyl (C=O) groups is 6. The van der Waals surface area contributed by atoms with Gasteiger partial charge in [0.25, 0.3) is 0 Å². The van der Waals surface area contributed by atoms with Crippen LogP contribution in [0.4, 0.5) is 0 Å². The van der Waals surface area contributed by atoms with Crippen molar-refractivity contribution in [3.63, 3.8) is 0 Å². The molecule has 4 fully saturated rings. The summed E-state index contributed by atoms with van der Waals surface area (Å²) >= 11 is 0. The Hall–Kier alpha value is -4.84. The summed E-state index contributed by atoms with van der Waals surface area (Å²) in [7, 11) is 0. The predicted octanol–water partition coefficient (Wildman–Crippen LogP) is 6.80. The van der Waals surface area contributed by atoms with Crippen LogP contribution in [-0.2, 0) is 47.7 Å². The van der Waals surface area contributed by atoms with E-state index in [0.717, 1.165) is 5.56 Å². The Bertz CT molecular complexity index is 2070. The van der Waals surface area contributed by atoms with Gasteiger partial charge in [-0.25, -0.2) is 4.79 Å². The first-order valence-corrected chi connectivity index (χ1v) is 20.7. The molecule has 7 rings (SSSR count). The molecule has 10 atom stereocenters. The molecule has 2 bridgehead atoms. The van der Waals surface area contributed by atoms with Gasteiger partial charge in [0.2, 0.25) is 5.91 Å². The average Bonchev–Trinajstić information content (AvgIpc) is 3.89. The minimum atomic E-state index is -1.37. The Balaban J connectivity index is 1.35. The van der Waals surface area contributed by atoms with E-state index in [0.29, 0.717) is 29.6 Å². The molecule has 1 spiro atoms. The van der Waals surface area contributed by atoms with E-state index in [9.17, 15) is 24.0 Å². The maximum absolute atomic E-state index is 15.6. The van der Waals surface area contributed by atoms with Crippen LogP contribution in [0.15, 0.2) is 71.8 Å². The smallest absolute Gasteiger partial charge is 0.338 e. The van der Waals surface area contributed by atoms with Gasteiger partial charge in [0, 0.05) is 31.6 Å². The number of hydrogen-bond donors (Lipinski definition) is 1. The third kappa shape index (κ3) is 7.08. The molecule has 2 aromatic carbocycles. The molecule has 0 aromatic heterocycles. The van der Waals surface area contributed by atoms with Crippen molar-refractivity contribution in [1.29, 1.82) is 0 Å². The van der Waals surface area contributed by atoms with E-state index in [1.165, 1.54) is 13.8 Å². The average molecular weight is 812 g/mol. The molecule has 2 aromatic rings. The highest BCUT2D eigenvalue weighted by Crippen LogP contribution is 2.79. The van der Waals surface area contributed by atoms with Gasteiger partial charge in [0.15, 0.2) is 17.5 Å². The summed E-state index contributed by atoms with van der Waals surface area (Å²) in [6, 6.07) is 17.1. The highest BCUT2D eigenvalue weighted by molar-refractivity contribution is 5.98. The first kappa shape index (κ1) is 42.3. The fraction of sp³-hybridized carbons (Fsp3) is 0.574. The summed E-state index contributed by atoms with van der Waals surface area (Å²) < 4.78 is 31.7. The van der Waals surface area contributed by atoms with Crippen LogP contribution in [0.1, 0.15) is 116 Å². The zero-order chi connectivity index (χ0) is 42.9. The zero-order valence-corrected chi connectivity index (χ0v) is 35.5. The Morgan fingerprint density at radius 2 is 1.53 bits per heavy atom. The number of ether oxygens (including phenoxy) is 5. The summed E-state index contributed by atoms with van der Waals surface area (Å²) in [6.07, 6.45) is -2.93. The molecule has 3 saturated carbocycles. The molecular formula is C47H57NO11. The Kier molecular flexibility index (Phi) is 10.8. The van der Waals surface area contributed by atoms with E-state index < -0.39 is 82.1 Å². The summed E-state index contributed by atoms with van der Waals surface area (Å²) in [6.45, 7) is 16.0. The van der Waals surface area contributed by atoms with Gasteiger partial charge in [-0.3, -0.25) is 24.0 Å². The second-order valence-corrected chi connectivity index (χ2v) is 19.3. The van der Waals surface area contributed by atoms with Crippen molar-refractivity contribution in [3.8, 4) is 0 Å². The number of benzene rings is 2. The van der Waals surface area contributed by atoms with Crippen molar-refractivity contribution in [1.82, 2.24) is 5.32 Å². The number of amides is 1. The monoisotopic (exact) mass is 811 g/mol. The lowest BCUT2D eigenvalue weighted by molar-refractivity contribution is -0.343. The quantitative estimate of drug-likeness (QED) is 0.153. The van der Waals surface area contributed by atoms with E-state index in [4.69, 9.17) is 23.7 Å². The molecule has 12 heteroatoms. The van der Waals surface area contributed by atoms with Gasteiger partial charge in [0.1, 0.15) is 18.3 Å². The van der Waals surface area contributed by atoms with Gasteiger partial charge in [-0.2, -0.15) is 0 Å². The number of hydrogen-bond acceptors (Lipinski definition) is 11. The van der Waals surface area contributed by atoms with Gasteiger partial charge in [-0.15, -0.1) is 0 Å². The molecule has 4 aliphatic carbocycles. The number of ketones is 1. The molecule has 1 aliphatic heterocycles.